The fourth-order valence-electron chi connectivity index (χ4n) is 3.62. The molecule has 0 unspecified atom stereocenters. The van der Waals surface area contributed by atoms with E-state index in [-0.39, 0.29) is 0 Å². The van der Waals surface area contributed by atoms with Crippen LogP contribution in [0.2, 0.25) is 0 Å². The molecule has 0 aliphatic carbocycles. The fourth-order valence-corrected chi connectivity index (χ4v) is 3.62. The molecule has 2 aromatic carbocycles. The van der Waals surface area contributed by atoms with Crippen molar-refractivity contribution < 1.29 is 4.74 Å². The molecule has 2 heterocycles. The summed E-state index contributed by atoms with van der Waals surface area (Å²) < 4.78 is 5.42. The first-order valence-corrected chi connectivity index (χ1v) is 9.98. The lowest BCUT2D eigenvalue weighted by Crippen LogP contribution is -2.47. The molecule has 4 rings (SSSR count). The van der Waals surface area contributed by atoms with Gasteiger partial charge in [-0.15, -0.1) is 0 Å². The van der Waals surface area contributed by atoms with E-state index >= 15 is 0 Å². The molecule has 0 amide bonds. The van der Waals surface area contributed by atoms with Crippen LogP contribution in [0.15, 0.2) is 60.8 Å². The Morgan fingerprint density at radius 2 is 1.76 bits per heavy atom. The van der Waals surface area contributed by atoms with Crippen LogP contribution in [0.1, 0.15) is 11.1 Å². The molecule has 1 saturated heterocycles. The number of hydrogen-bond acceptors (Lipinski definition) is 6. The highest BCUT2D eigenvalue weighted by Gasteiger charge is 2.19. The summed E-state index contributed by atoms with van der Waals surface area (Å²) in [7, 11) is 1.69. The highest BCUT2D eigenvalue weighted by Crippen LogP contribution is 2.21. The minimum atomic E-state index is 0.654. The number of piperazine rings is 1. The zero-order valence-corrected chi connectivity index (χ0v) is 17.0. The van der Waals surface area contributed by atoms with Crippen molar-refractivity contribution in [2.75, 3.05) is 48.4 Å². The van der Waals surface area contributed by atoms with E-state index < -0.39 is 0 Å². The SMILES string of the molecule is COc1ccccc1CNc1ccnc(N2CCN(c3cccc(C)c3)CC2)n1. The summed E-state index contributed by atoms with van der Waals surface area (Å²) in [6.07, 6.45) is 1.82. The van der Waals surface area contributed by atoms with Gasteiger partial charge in [-0.05, 0) is 36.8 Å². The summed E-state index contributed by atoms with van der Waals surface area (Å²) in [5, 5.41) is 3.39. The van der Waals surface area contributed by atoms with E-state index in [1.165, 1.54) is 11.3 Å². The van der Waals surface area contributed by atoms with Crippen LogP contribution in [0.25, 0.3) is 0 Å². The van der Waals surface area contributed by atoms with E-state index in [0.29, 0.717) is 6.54 Å². The Morgan fingerprint density at radius 1 is 0.966 bits per heavy atom. The highest BCUT2D eigenvalue weighted by molar-refractivity contribution is 5.51. The summed E-state index contributed by atoms with van der Waals surface area (Å²) in [4.78, 5) is 13.9. The number of para-hydroxylation sites is 1. The number of ether oxygens (including phenoxy) is 1. The lowest BCUT2D eigenvalue weighted by atomic mass is 10.2. The van der Waals surface area contributed by atoms with Crippen molar-refractivity contribution in [2.45, 2.75) is 13.5 Å². The van der Waals surface area contributed by atoms with Gasteiger partial charge in [0, 0.05) is 50.2 Å². The van der Waals surface area contributed by atoms with Gasteiger partial charge < -0.3 is 19.9 Å². The second-order valence-electron chi connectivity index (χ2n) is 7.22. The second kappa shape index (κ2) is 8.82. The normalized spacial score (nSPS) is 14.0. The van der Waals surface area contributed by atoms with Crippen LogP contribution in [-0.4, -0.2) is 43.3 Å². The van der Waals surface area contributed by atoms with E-state index in [0.717, 1.165) is 49.3 Å². The summed E-state index contributed by atoms with van der Waals surface area (Å²) in [5.74, 6) is 2.47. The molecule has 1 aliphatic rings. The van der Waals surface area contributed by atoms with Gasteiger partial charge in [-0.3, -0.25) is 0 Å². The van der Waals surface area contributed by atoms with Gasteiger partial charge in [0.2, 0.25) is 5.95 Å². The maximum atomic E-state index is 5.42. The lowest BCUT2D eigenvalue weighted by Gasteiger charge is -2.36. The molecule has 0 spiro atoms. The van der Waals surface area contributed by atoms with Crippen LogP contribution < -0.4 is 19.9 Å². The summed E-state index contributed by atoms with van der Waals surface area (Å²) in [5.41, 5.74) is 3.68. The smallest absolute Gasteiger partial charge is 0.227 e. The molecule has 6 heteroatoms. The molecular formula is C23H27N5O. The summed E-state index contributed by atoms with van der Waals surface area (Å²) >= 11 is 0. The summed E-state index contributed by atoms with van der Waals surface area (Å²) in [6.45, 7) is 6.53. The largest absolute Gasteiger partial charge is 0.496 e. The molecule has 150 valence electrons. The molecule has 1 fully saturated rings. The predicted molar refractivity (Wildman–Crippen MR) is 118 cm³/mol. The van der Waals surface area contributed by atoms with Gasteiger partial charge in [0.1, 0.15) is 11.6 Å². The Morgan fingerprint density at radius 3 is 2.55 bits per heavy atom. The average Bonchev–Trinajstić information content (AvgIpc) is 2.78. The molecule has 0 atom stereocenters. The van der Waals surface area contributed by atoms with E-state index in [2.05, 4.69) is 57.4 Å². The second-order valence-corrected chi connectivity index (χ2v) is 7.22. The molecule has 6 nitrogen and oxygen atoms in total. The Hall–Kier alpha value is -3.28. The van der Waals surface area contributed by atoms with Crippen LogP contribution in [-0.2, 0) is 6.54 Å². The maximum absolute atomic E-state index is 5.42. The van der Waals surface area contributed by atoms with Gasteiger partial charge in [-0.2, -0.15) is 4.98 Å². The minimum Gasteiger partial charge on any atom is -0.496 e. The Balaban J connectivity index is 1.38. The van der Waals surface area contributed by atoms with Crippen LogP contribution in [0.4, 0.5) is 17.5 Å². The third-order valence-electron chi connectivity index (χ3n) is 5.22. The van der Waals surface area contributed by atoms with Crippen molar-refractivity contribution in [2.24, 2.45) is 0 Å². The Kier molecular flexibility index (Phi) is 5.79. The van der Waals surface area contributed by atoms with Gasteiger partial charge >= 0.3 is 0 Å². The lowest BCUT2D eigenvalue weighted by molar-refractivity contribution is 0.410. The Labute approximate surface area is 172 Å². The molecule has 0 bridgehead atoms. The van der Waals surface area contributed by atoms with Gasteiger partial charge in [0.25, 0.3) is 0 Å². The number of hydrogen-bond donors (Lipinski definition) is 1. The minimum absolute atomic E-state index is 0.654. The molecule has 1 N–H and O–H groups in total. The quantitative estimate of drug-likeness (QED) is 0.693. The number of benzene rings is 2. The molecule has 0 saturated carbocycles. The first-order valence-electron chi connectivity index (χ1n) is 9.98. The highest BCUT2D eigenvalue weighted by atomic mass is 16.5. The standard InChI is InChI=1S/C23H27N5O/c1-18-6-5-8-20(16-18)27-12-14-28(15-13-27)23-24-11-10-22(26-23)25-17-19-7-3-4-9-21(19)29-2/h3-11,16H,12-15,17H2,1-2H3,(H,24,25,26). The zero-order valence-electron chi connectivity index (χ0n) is 17.0. The van der Waals surface area contributed by atoms with Gasteiger partial charge in [0.15, 0.2) is 0 Å². The number of rotatable bonds is 6. The molecule has 3 aromatic rings. The first kappa shape index (κ1) is 19.1. The summed E-state index contributed by atoms with van der Waals surface area (Å²) in [6, 6.07) is 18.6. The number of nitrogens with zero attached hydrogens (tertiary/aromatic N) is 4. The molecule has 29 heavy (non-hydrogen) atoms. The van der Waals surface area contributed by atoms with Crippen molar-refractivity contribution in [1.82, 2.24) is 9.97 Å². The third-order valence-corrected chi connectivity index (χ3v) is 5.22. The van der Waals surface area contributed by atoms with E-state index in [1.807, 2.05) is 30.5 Å². The molecular weight excluding hydrogens is 362 g/mol. The maximum Gasteiger partial charge on any atom is 0.227 e. The van der Waals surface area contributed by atoms with E-state index in [4.69, 9.17) is 9.72 Å². The van der Waals surface area contributed by atoms with E-state index in [9.17, 15) is 0 Å². The number of aromatic nitrogens is 2. The number of anilines is 3. The van der Waals surface area contributed by atoms with Crippen molar-refractivity contribution in [3.05, 3.63) is 71.9 Å². The Bertz CT molecular complexity index is 953. The monoisotopic (exact) mass is 389 g/mol. The molecule has 1 aromatic heterocycles. The van der Waals surface area contributed by atoms with Gasteiger partial charge in [0.05, 0.1) is 7.11 Å². The van der Waals surface area contributed by atoms with Crippen LogP contribution >= 0.6 is 0 Å². The van der Waals surface area contributed by atoms with Crippen LogP contribution in [0.3, 0.4) is 0 Å². The van der Waals surface area contributed by atoms with Crippen LogP contribution in [0.5, 0.6) is 5.75 Å². The van der Waals surface area contributed by atoms with Gasteiger partial charge in [-0.1, -0.05) is 30.3 Å². The van der Waals surface area contributed by atoms with Crippen molar-refractivity contribution in [1.29, 1.82) is 0 Å². The fraction of sp³-hybridized carbons (Fsp3) is 0.304. The number of aryl methyl sites for hydroxylation is 1. The van der Waals surface area contributed by atoms with Crippen molar-refractivity contribution >= 4 is 17.5 Å². The molecule has 1 aliphatic heterocycles. The van der Waals surface area contributed by atoms with E-state index in [1.54, 1.807) is 7.11 Å². The third kappa shape index (κ3) is 4.59. The van der Waals surface area contributed by atoms with Crippen LogP contribution in [0, 0.1) is 6.92 Å². The topological polar surface area (TPSA) is 53.5 Å². The molecule has 0 radical (unpaired) electrons. The van der Waals surface area contributed by atoms with Crippen molar-refractivity contribution in [3.8, 4) is 5.75 Å². The van der Waals surface area contributed by atoms with Gasteiger partial charge in [-0.25, -0.2) is 4.98 Å². The predicted octanol–water partition coefficient (Wildman–Crippen LogP) is 3.73. The zero-order chi connectivity index (χ0) is 20.1. The number of nitrogens with one attached hydrogen (secondary N) is 1. The number of methoxy groups -OCH3 is 1. The average molecular weight is 390 g/mol. The first-order chi connectivity index (χ1) is 14.2. The van der Waals surface area contributed by atoms with Crippen molar-refractivity contribution in [3.63, 3.8) is 0 Å².